The molecule has 0 radical (unpaired) electrons. The maximum atomic E-state index is 11.8. The van der Waals surface area contributed by atoms with E-state index in [9.17, 15) is 9.59 Å². The fraction of sp³-hybridized carbons (Fsp3) is 0.846. The van der Waals surface area contributed by atoms with Crippen LogP contribution in [0.2, 0.25) is 0 Å². The van der Waals surface area contributed by atoms with E-state index in [1.807, 2.05) is 18.7 Å². The average molecular weight is 255 g/mol. The van der Waals surface area contributed by atoms with Crippen molar-refractivity contribution in [2.24, 2.45) is 5.73 Å². The van der Waals surface area contributed by atoms with Crippen molar-refractivity contribution in [1.82, 2.24) is 10.2 Å². The molecule has 5 nitrogen and oxygen atoms in total. The zero-order valence-electron chi connectivity index (χ0n) is 11.6. The van der Waals surface area contributed by atoms with E-state index >= 15 is 0 Å². The molecule has 0 bridgehead atoms. The van der Waals surface area contributed by atoms with E-state index in [-0.39, 0.29) is 36.5 Å². The van der Waals surface area contributed by atoms with Crippen LogP contribution in [0.3, 0.4) is 0 Å². The molecule has 1 fully saturated rings. The number of carbonyl (C=O) groups excluding carboxylic acids is 2. The molecular weight excluding hydrogens is 230 g/mol. The molecule has 0 aromatic rings. The summed E-state index contributed by atoms with van der Waals surface area (Å²) in [6.45, 7) is 5.62. The van der Waals surface area contributed by atoms with Gasteiger partial charge >= 0.3 is 0 Å². The Balaban J connectivity index is 2.79. The summed E-state index contributed by atoms with van der Waals surface area (Å²) in [5.74, 6) is -0.0666. The van der Waals surface area contributed by atoms with Gasteiger partial charge in [0.2, 0.25) is 11.8 Å². The highest BCUT2D eigenvalue weighted by Crippen LogP contribution is 2.25. The molecule has 0 saturated heterocycles. The van der Waals surface area contributed by atoms with Crippen LogP contribution in [0.15, 0.2) is 0 Å². The number of nitrogens with zero attached hydrogens (tertiary/aromatic N) is 1. The lowest BCUT2D eigenvalue weighted by Crippen LogP contribution is -2.57. The van der Waals surface area contributed by atoms with Gasteiger partial charge in [-0.25, -0.2) is 0 Å². The summed E-state index contributed by atoms with van der Waals surface area (Å²) < 4.78 is 0. The highest BCUT2D eigenvalue weighted by molar-refractivity contribution is 5.78. The molecule has 18 heavy (non-hydrogen) atoms. The topological polar surface area (TPSA) is 75.4 Å². The monoisotopic (exact) mass is 255 g/mol. The van der Waals surface area contributed by atoms with Crippen LogP contribution in [0.5, 0.6) is 0 Å². The fourth-order valence-electron chi connectivity index (χ4n) is 2.86. The minimum atomic E-state index is -0.140. The van der Waals surface area contributed by atoms with Gasteiger partial charge in [0, 0.05) is 19.0 Å². The third-order valence-corrected chi connectivity index (χ3v) is 3.54. The van der Waals surface area contributed by atoms with Crippen molar-refractivity contribution in [2.75, 3.05) is 6.54 Å². The summed E-state index contributed by atoms with van der Waals surface area (Å²) in [5, 5.41) is 2.95. The van der Waals surface area contributed by atoms with Crippen LogP contribution in [0, 0.1) is 0 Å². The summed E-state index contributed by atoms with van der Waals surface area (Å²) in [5.41, 5.74) is 5.34. The minimum absolute atomic E-state index is 0.00493. The van der Waals surface area contributed by atoms with E-state index in [0.717, 1.165) is 25.7 Å². The number of hydrogen-bond donors (Lipinski definition) is 2. The standard InChI is InChI=1S/C13H25N3O2/c1-9(2)16(10(3)17)12-7-5-4-6-11(12)15-13(18)8-14/h9,11-12H,4-8,14H2,1-3H3,(H,15,18)/t11-,12-/m1/s1. The Labute approximate surface area is 109 Å². The molecular formula is C13H25N3O2. The van der Waals surface area contributed by atoms with E-state index in [0.29, 0.717) is 0 Å². The summed E-state index contributed by atoms with van der Waals surface area (Å²) in [6.07, 6.45) is 4.08. The highest BCUT2D eigenvalue weighted by atomic mass is 16.2. The summed E-state index contributed by atoms with van der Waals surface area (Å²) in [6, 6.07) is 0.302. The molecule has 0 unspecified atom stereocenters. The van der Waals surface area contributed by atoms with Gasteiger partial charge in [0.1, 0.15) is 0 Å². The van der Waals surface area contributed by atoms with E-state index in [1.165, 1.54) is 0 Å². The molecule has 1 aliphatic rings. The minimum Gasteiger partial charge on any atom is -0.350 e. The maximum Gasteiger partial charge on any atom is 0.234 e. The fourth-order valence-corrected chi connectivity index (χ4v) is 2.86. The van der Waals surface area contributed by atoms with Gasteiger partial charge in [-0.3, -0.25) is 9.59 Å². The number of rotatable bonds is 4. The normalized spacial score (nSPS) is 23.8. The van der Waals surface area contributed by atoms with E-state index < -0.39 is 0 Å². The first-order chi connectivity index (χ1) is 8.47. The molecule has 0 spiro atoms. The van der Waals surface area contributed by atoms with E-state index in [1.54, 1.807) is 6.92 Å². The number of nitrogens with two attached hydrogens (primary N) is 1. The van der Waals surface area contributed by atoms with Crippen molar-refractivity contribution in [3.8, 4) is 0 Å². The van der Waals surface area contributed by atoms with Crippen molar-refractivity contribution < 1.29 is 9.59 Å². The third kappa shape index (κ3) is 3.70. The summed E-state index contributed by atoms with van der Waals surface area (Å²) in [7, 11) is 0. The van der Waals surface area contributed by atoms with Gasteiger partial charge in [-0.15, -0.1) is 0 Å². The molecule has 0 aromatic heterocycles. The van der Waals surface area contributed by atoms with Gasteiger partial charge in [0.05, 0.1) is 12.6 Å². The van der Waals surface area contributed by atoms with Crippen molar-refractivity contribution in [1.29, 1.82) is 0 Å². The number of nitrogens with one attached hydrogen (secondary N) is 1. The lowest BCUT2D eigenvalue weighted by atomic mass is 9.88. The number of hydrogen-bond acceptors (Lipinski definition) is 3. The largest absolute Gasteiger partial charge is 0.350 e. The summed E-state index contributed by atoms with van der Waals surface area (Å²) in [4.78, 5) is 25.1. The Morgan fingerprint density at radius 2 is 1.94 bits per heavy atom. The Morgan fingerprint density at radius 3 is 2.44 bits per heavy atom. The van der Waals surface area contributed by atoms with Crippen LogP contribution in [-0.4, -0.2) is 41.4 Å². The average Bonchev–Trinajstić information content (AvgIpc) is 2.30. The van der Waals surface area contributed by atoms with Gasteiger partial charge in [-0.05, 0) is 26.7 Å². The van der Waals surface area contributed by atoms with Crippen LogP contribution in [0.25, 0.3) is 0 Å². The Bertz CT molecular complexity index is 305. The van der Waals surface area contributed by atoms with Gasteiger partial charge in [-0.2, -0.15) is 0 Å². The van der Waals surface area contributed by atoms with Crippen LogP contribution in [-0.2, 0) is 9.59 Å². The van der Waals surface area contributed by atoms with Gasteiger partial charge in [-0.1, -0.05) is 12.8 Å². The van der Waals surface area contributed by atoms with Gasteiger partial charge in [0.15, 0.2) is 0 Å². The third-order valence-electron chi connectivity index (χ3n) is 3.54. The molecule has 1 aliphatic carbocycles. The number of amides is 2. The molecule has 2 atom stereocenters. The molecule has 5 heteroatoms. The lowest BCUT2D eigenvalue weighted by Gasteiger charge is -2.42. The Kier molecular flexibility index (Phi) is 5.59. The smallest absolute Gasteiger partial charge is 0.234 e. The van der Waals surface area contributed by atoms with E-state index in [2.05, 4.69) is 5.32 Å². The Hall–Kier alpha value is -1.10. The second-order valence-electron chi connectivity index (χ2n) is 5.25. The molecule has 2 amide bonds. The van der Waals surface area contributed by atoms with Gasteiger partial charge in [0.25, 0.3) is 0 Å². The SMILES string of the molecule is CC(=O)N(C(C)C)[C@@H]1CCCC[C@H]1NC(=O)CN. The van der Waals surface area contributed by atoms with Crippen LogP contribution < -0.4 is 11.1 Å². The first kappa shape index (κ1) is 15.0. The molecule has 0 aromatic carbocycles. The molecule has 1 saturated carbocycles. The van der Waals surface area contributed by atoms with Crippen molar-refractivity contribution in [3.63, 3.8) is 0 Å². The molecule has 1 rings (SSSR count). The quantitative estimate of drug-likeness (QED) is 0.773. The zero-order valence-corrected chi connectivity index (χ0v) is 11.6. The van der Waals surface area contributed by atoms with Crippen molar-refractivity contribution in [3.05, 3.63) is 0 Å². The van der Waals surface area contributed by atoms with Crippen LogP contribution in [0.1, 0.15) is 46.5 Å². The predicted octanol–water partition coefficient (Wildman–Crippen LogP) is 0.629. The second kappa shape index (κ2) is 6.73. The van der Waals surface area contributed by atoms with Gasteiger partial charge < -0.3 is 16.0 Å². The van der Waals surface area contributed by atoms with Crippen molar-refractivity contribution >= 4 is 11.8 Å². The molecule has 0 aliphatic heterocycles. The lowest BCUT2D eigenvalue weighted by molar-refractivity contribution is -0.135. The second-order valence-corrected chi connectivity index (χ2v) is 5.25. The highest BCUT2D eigenvalue weighted by Gasteiger charge is 2.33. The Morgan fingerprint density at radius 1 is 1.33 bits per heavy atom. The summed E-state index contributed by atoms with van der Waals surface area (Å²) >= 11 is 0. The first-order valence-electron chi connectivity index (χ1n) is 6.75. The molecule has 0 heterocycles. The predicted molar refractivity (Wildman–Crippen MR) is 70.9 cm³/mol. The van der Waals surface area contributed by atoms with Crippen molar-refractivity contribution in [2.45, 2.75) is 64.6 Å². The van der Waals surface area contributed by atoms with Crippen LogP contribution >= 0.6 is 0 Å². The van der Waals surface area contributed by atoms with Crippen LogP contribution in [0.4, 0.5) is 0 Å². The first-order valence-corrected chi connectivity index (χ1v) is 6.75. The number of carbonyl (C=O) groups is 2. The molecule has 3 N–H and O–H groups in total. The molecule has 104 valence electrons. The zero-order chi connectivity index (χ0) is 13.7. The maximum absolute atomic E-state index is 11.8. The van der Waals surface area contributed by atoms with E-state index in [4.69, 9.17) is 5.73 Å².